The van der Waals surface area contributed by atoms with E-state index < -0.39 is 12.1 Å². The second-order valence-corrected chi connectivity index (χ2v) is 4.16. The highest BCUT2D eigenvalue weighted by molar-refractivity contribution is 5.75. The molecule has 0 saturated heterocycles. The number of aliphatic hydroxyl groups excluding tert-OH is 1. The van der Waals surface area contributed by atoms with Crippen molar-refractivity contribution in [1.82, 2.24) is 0 Å². The van der Waals surface area contributed by atoms with Crippen molar-refractivity contribution < 1.29 is 24.1 Å². The first kappa shape index (κ1) is 12.7. The third-order valence-corrected chi connectivity index (χ3v) is 3.01. The third-order valence-electron chi connectivity index (χ3n) is 3.01. The summed E-state index contributed by atoms with van der Waals surface area (Å²) < 4.78 is 15.4. The second-order valence-electron chi connectivity index (χ2n) is 4.16. The lowest BCUT2D eigenvalue weighted by Gasteiger charge is -2.22. The van der Waals surface area contributed by atoms with Crippen molar-refractivity contribution in [3.05, 3.63) is 23.8 Å². The summed E-state index contributed by atoms with van der Waals surface area (Å²) in [6.07, 6.45) is -1.18. The van der Waals surface area contributed by atoms with Crippen molar-refractivity contribution >= 4 is 5.97 Å². The van der Waals surface area contributed by atoms with Crippen LogP contribution < -0.4 is 9.47 Å². The van der Waals surface area contributed by atoms with Crippen LogP contribution in [0, 0.1) is 0 Å². The Morgan fingerprint density at radius 2 is 2.00 bits per heavy atom. The Bertz CT molecular complexity index is 443. The van der Waals surface area contributed by atoms with Gasteiger partial charge in [-0.05, 0) is 17.7 Å². The molecule has 0 fully saturated rings. The first-order valence-corrected chi connectivity index (χ1v) is 5.79. The Morgan fingerprint density at radius 1 is 1.33 bits per heavy atom. The largest absolute Gasteiger partial charge is 0.486 e. The van der Waals surface area contributed by atoms with Crippen molar-refractivity contribution in [2.24, 2.45) is 0 Å². The van der Waals surface area contributed by atoms with E-state index in [2.05, 4.69) is 4.74 Å². The van der Waals surface area contributed by atoms with Gasteiger partial charge in [-0.2, -0.15) is 0 Å². The molecule has 0 bridgehead atoms. The highest BCUT2D eigenvalue weighted by Crippen LogP contribution is 2.33. The molecule has 1 aliphatic heterocycles. The Labute approximate surface area is 105 Å². The molecule has 18 heavy (non-hydrogen) atoms. The van der Waals surface area contributed by atoms with Crippen molar-refractivity contribution in [2.45, 2.75) is 18.9 Å². The first-order chi connectivity index (χ1) is 8.63. The summed E-state index contributed by atoms with van der Waals surface area (Å²) in [5.74, 6) is 0.318. The molecule has 0 radical (unpaired) electrons. The molecule has 98 valence electrons. The Balaban J connectivity index is 2.20. The predicted octanol–water partition coefficient (Wildman–Crippen LogP) is 1.10. The Morgan fingerprint density at radius 3 is 2.67 bits per heavy atom. The fourth-order valence-corrected chi connectivity index (χ4v) is 1.85. The van der Waals surface area contributed by atoms with Crippen LogP contribution in [0.5, 0.6) is 11.5 Å². The van der Waals surface area contributed by atoms with Gasteiger partial charge in [0, 0.05) is 5.92 Å². The topological polar surface area (TPSA) is 65.0 Å². The van der Waals surface area contributed by atoms with E-state index in [4.69, 9.17) is 9.47 Å². The molecule has 0 amide bonds. The van der Waals surface area contributed by atoms with Gasteiger partial charge in [-0.1, -0.05) is 13.0 Å². The maximum Gasteiger partial charge on any atom is 0.335 e. The Kier molecular flexibility index (Phi) is 3.72. The zero-order valence-corrected chi connectivity index (χ0v) is 10.4. The number of ether oxygens (including phenoxy) is 3. The molecule has 2 rings (SSSR count). The molecule has 1 aromatic carbocycles. The van der Waals surface area contributed by atoms with Crippen LogP contribution in [0.4, 0.5) is 0 Å². The van der Waals surface area contributed by atoms with E-state index in [1.807, 2.05) is 6.07 Å². The number of benzene rings is 1. The third kappa shape index (κ3) is 2.41. The van der Waals surface area contributed by atoms with Crippen LogP contribution >= 0.6 is 0 Å². The molecule has 0 saturated carbocycles. The van der Waals surface area contributed by atoms with E-state index in [1.165, 1.54) is 7.11 Å². The van der Waals surface area contributed by atoms with E-state index in [9.17, 15) is 9.90 Å². The number of aliphatic hydroxyl groups is 1. The van der Waals surface area contributed by atoms with Crippen molar-refractivity contribution in [3.63, 3.8) is 0 Å². The van der Waals surface area contributed by atoms with E-state index in [-0.39, 0.29) is 5.92 Å². The summed E-state index contributed by atoms with van der Waals surface area (Å²) in [7, 11) is 1.25. The van der Waals surface area contributed by atoms with Gasteiger partial charge in [0.15, 0.2) is 17.6 Å². The summed E-state index contributed by atoms with van der Waals surface area (Å²) in [6, 6.07) is 5.37. The number of fused-ring (bicyclic) bond motifs is 1. The minimum Gasteiger partial charge on any atom is -0.486 e. The highest BCUT2D eigenvalue weighted by atomic mass is 16.6. The quantitative estimate of drug-likeness (QED) is 0.816. The number of carbonyl (C=O) groups excluding carboxylic acids is 1. The smallest absolute Gasteiger partial charge is 0.335 e. The van der Waals surface area contributed by atoms with Crippen molar-refractivity contribution in [1.29, 1.82) is 0 Å². The number of rotatable bonds is 3. The fourth-order valence-electron chi connectivity index (χ4n) is 1.85. The van der Waals surface area contributed by atoms with E-state index in [1.54, 1.807) is 19.1 Å². The molecule has 1 heterocycles. The van der Waals surface area contributed by atoms with Crippen LogP contribution in [0.1, 0.15) is 18.4 Å². The van der Waals surface area contributed by atoms with E-state index in [0.717, 1.165) is 5.56 Å². The zero-order valence-electron chi connectivity index (χ0n) is 10.4. The average Bonchev–Trinajstić information content (AvgIpc) is 2.44. The van der Waals surface area contributed by atoms with E-state index in [0.29, 0.717) is 24.7 Å². The maximum atomic E-state index is 11.3. The molecule has 2 unspecified atom stereocenters. The van der Waals surface area contributed by atoms with Gasteiger partial charge >= 0.3 is 5.97 Å². The van der Waals surface area contributed by atoms with Crippen LogP contribution in [0.15, 0.2) is 18.2 Å². The molecule has 2 atom stereocenters. The summed E-state index contributed by atoms with van der Waals surface area (Å²) in [5, 5.41) is 9.80. The maximum absolute atomic E-state index is 11.3. The highest BCUT2D eigenvalue weighted by Gasteiger charge is 2.25. The van der Waals surface area contributed by atoms with Crippen LogP contribution in [-0.4, -0.2) is 37.5 Å². The van der Waals surface area contributed by atoms with Crippen molar-refractivity contribution in [2.75, 3.05) is 20.3 Å². The molecule has 0 aliphatic carbocycles. The first-order valence-electron chi connectivity index (χ1n) is 5.79. The van der Waals surface area contributed by atoms with Gasteiger partial charge in [-0.3, -0.25) is 0 Å². The number of hydrogen-bond donors (Lipinski definition) is 1. The van der Waals surface area contributed by atoms with Gasteiger partial charge in [0.1, 0.15) is 13.2 Å². The van der Waals surface area contributed by atoms with Crippen molar-refractivity contribution in [3.8, 4) is 11.5 Å². The van der Waals surface area contributed by atoms with Gasteiger partial charge in [0.2, 0.25) is 0 Å². The molecule has 5 nitrogen and oxygen atoms in total. The summed E-state index contributed by atoms with van der Waals surface area (Å²) in [5.41, 5.74) is 0.803. The van der Waals surface area contributed by atoms with Gasteiger partial charge in [-0.15, -0.1) is 0 Å². The normalized spacial score (nSPS) is 16.8. The predicted molar refractivity (Wildman–Crippen MR) is 63.9 cm³/mol. The van der Waals surface area contributed by atoms with Gasteiger partial charge in [-0.25, -0.2) is 4.79 Å². The lowest BCUT2D eigenvalue weighted by molar-refractivity contribution is -0.151. The summed E-state index contributed by atoms with van der Waals surface area (Å²) in [4.78, 5) is 11.3. The van der Waals surface area contributed by atoms with Crippen LogP contribution in [-0.2, 0) is 9.53 Å². The molecule has 1 aliphatic rings. The van der Waals surface area contributed by atoms with Gasteiger partial charge in [0.05, 0.1) is 7.11 Å². The summed E-state index contributed by atoms with van der Waals surface area (Å²) in [6.45, 7) is 2.80. The molecular weight excluding hydrogens is 236 g/mol. The standard InChI is InChI=1S/C13H16O5/c1-8(12(14)13(15)16-2)9-3-4-10-11(7-9)18-6-5-17-10/h3-4,7-8,12,14H,5-6H2,1-2H3. The van der Waals surface area contributed by atoms with Crippen LogP contribution in [0.25, 0.3) is 0 Å². The minimum absolute atomic E-state index is 0.367. The molecular formula is C13H16O5. The van der Waals surface area contributed by atoms with Gasteiger partial charge in [0.25, 0.3) is 0 Å². The molecule has 5 heteroatoms. The molecule has 0 aromatic heterocycles. The number of methoxy groups -OCH3 is 1. The molecule has 0 spiro atoms. The van der Waals surface area contributed by atoms with Crippen LogP contribution in [0.3, 0.4) is 0 Å². The summed E-state index contributed by atoms with van der Waals surface area (Å²) >= 11 is 0. The zero-order chi connectivity index (χ0) is 13.1. The second kappa shape index (κ2) is 5.27. The fraction of sp³-hybridized carbons (Fsp3) is 0.462. The SMILES string of the molecule is COC(=O)C(O)C(C)c1ccc2c(c1)OCCO2. The average molecular weight is 252 g/mol. The minimum atomic E-state index is -1.18. The molecule has 1 aromatic rings. The lowest BCUT2D eigenvalue weighted by atomic mass is 9.95. The molecule has 1 N–H and O–H groups in total. The monoisotopic (exact) mass is 252 g/mol. The number of esters is 1. The van der Waals surface area contributed by atoms with Gasteiger partial charge < -0.3 is 19.3 Å². The lowest BCUT2D eigenvalue weighted by Crippen LogP contribution is -2.27. The van der Waals surface area contributed by atoms with Crippen LogP contribution in [0.2, 0.25) is 0 Å². The Hall–Kier alpha value is -1.75. The van der Waals surface area contributed by atoms with E-state index >= 15 is 0 Å². The number of carbonyl (C=O) groups is 1. The number of hydrogen-bond acceptors (Lipinski definition) is 5.